The topological polar surface area (TPSA) is 21.3 Å². The highest BCUT2D eigenvalue weighted by atomic mass is 16.5. The van der Waals surface area contributed by atoms with Gasteiger partial charge in [-0.25, -0.2) is 0 Å². The maximum absolute atomic E-state index is 5.20. The Kier molecular flexibility index (Phi) is 9.14. The van der Waals surface area contributed by atoms with E-state index in [1.54, 1.807) is 7.11 Å². The minimum absolute atomic E-state index is 0.105. The first kappa shape index (κ1) is 17.5. The average molecular weight is 253 g/mol. The van der Waals surface area contributed by atoms with E-state index < -0.39 is 0 Å². The van der Waals surface area contributed by atoms with Gasteiger partial charge in [-0.3, -0.25) is 0 Å². The summed E-state index contributed by atoms with van der Waals surface area (Å²) in [6, 6.07) is 0.491. The van der Waals surface area contributed by atoms with Gasteiger partial charge in [0.25, 0.3) is 0 Å². The van der Waals surface area contributed by atoms with Crippen LogP contribution in [0.5, 0.6) is 0 Å². The molecule has 0 bridgehead atoms. The second kappa shape index (κ2) is 9.42. The van der Waals surface area contributed by atoms with Crippen LogP contribution >= 0.6 is 0 Å². The fraction of sp³-hybridized carbons (Fsp3) is 0.875. The summed E-state index contributed by atoms with van der Waals surface area (Å²) < 4.78 is 5.20. The zero-order valence-electron chi connectivity index (χ0n) is 13.1. The molecule has 0 heterocycles. The maximum atomic E-state index is 5.20. The summed E-state index contributed by atoms with van der Waals surface area (Å²) in [5.41, 5.74) is 0.105. The Labute approximate surface area is 114 Å². The highest BCUT2D eigenvalue weighted by Crippen LogP contribution is 2.12. The van der Waals surface area contributed by atoms with Gasteiger partial charge in [-0.05, 0) is 46.1 Å². The van der Waals surface area contributed by atoms with Crippen LogP contribution in [0.2, 0.25) is 0 Å². The molecule has 0 aliphatic rings. The van der Waals surface area contributed by atoms with Gasteiger partial charge in [-0.2, -0.15) is 0 Å². The lowest BCUT2D eigenvalue weighted by molar-refractivity contribution is 0.149. The SMILES string of the molecule is CCCNC(CC#CC(C)(C)C)CC(C)COC. The summed E-state index contributed by atoms with van der Waals surface area (Å²) in [6.45, 7) is 12.8. The Bertz CT molecular complexity index is 256. The van der Waals surface area contributed by atoms with Gasteiger partial charge in [0.2, 0.25) is 0 Å². The van der Waals surface area contributed by atoms with Crippen molar-refractivity contribution in [3.05, 3.63) is 0 Å². The van der Waals surface area contributed by atoms with Crippen molar-refractivity contribution in [3.8, 4) is 11.8 Å². The summed E-state index contributed by atoms with van der Waals surface area (Å²) in [5.74, 6) is 7.23. The Balaban J connectivity index is 4.24. The van der Waals surface area contributed by atoms with Crippen LogP contribution in [0, 0.1) is 23.2 Å². The molecule has 2 heteroatoms. The molecule has 0 spiro atoms. The molecule has 0 aliphatic heterocycles. The predicted octanol–water partition coefficient (Wildman–Crippen LogP) is 3.47. The van der Waals surface area contributed by atoms with Crippen molar-refractivity contribution < 1.29 is 4.74 Å². The monoisotopic (exact) mass is 253 g/mol. The fourth-order valence-corrected chi connectivity index (χ4v) is 1.86. The van der Waals surface area contributed by atoms with Gasteiger partial charge in [0, 0.05) is 31.6 Å². The number of methoxy groups -OCH3 is 1. The molecule has 106 valence electrons. The second-order valence-electron chi connectivity index (χ2n) is 6.20. The zero-order valence-corrected chi connectivity index (χ0v) is 13.1. The molecule has 2 nitrogen and oxygen atoms in total. The number of hydrogen-bond acceptors (Lipinski definition) is 2. The van der Waals surface area contributed by atoms with Gasteiger partial charge in [0.15, 0.2) is 0 Å². The van der Waals surface area contributed by atoms with Crippen LogP contribution in [0.15, 0.2) is 0 Å². The van der Waals surface area contributed by atoms with Gasteiger partial charge in [0.05, 0.1) is 0 Å². The molecule has 1 N–H and O–H groups in total. The van der Waals surface area contributed by atoms with Crippen molar-refractivity contribution in [2.24, 2.45) is 11.3 Å². The highest BCUT2D eigenvalue weighted by Gasteiger charge is 2.12. The second-order valence-corrected chi connectivity index (χ2v) is 6.20. The Morgan fingerprint density at radius 3 is 2.44 bits per heavy atom. The van der Waals surface area contributed by atoms with Gasteiger partial charge < -0.3 is 10.1 Å². The third kappa shape index (κ3) is 10.6. The maximum Gasteiger partial charge on any atom is 0.0488 e. The smallest absolute Gasteiger partial charge is 0.0488 e. The van der Waals surface area contributed by atoms with E-state index in [1.165, 1.54) is 6.42 Å². The van der Waals surface area contributed by atoms with Crippen LogP contribution < -0.4 is 5.32 Å². The molecule has 0 aliphatic carbocycles. The Morgan fingerprint density at radius 2 is 1.94 bits per heavy atom. The zero-order chi connectivity index (χ0) is 14.0. The van der Waals surface area contributed by atoms with E-state index in [0.717, 1.165) is 26.0 Å². The summed E-state index contributed by atoms with van der Waals surface area (Å²) >= 11 is 0. The normalized spacial score (nSPS) is 14.8. The number of hydrogen-bond donors (Lipinski definition) is 1. The molecule has 0 aromatic heterocycles. The minimum atomic E-state index is 0.105. The molecule has 0 amide bonds. The first-order chi connectivity index (χ1) is 8.39. The van der Waals surface area contributed by atoms with Crippen molar-refractivity contribution in [3.63, 3.8) is 0 Å². The lowest BCUT2D eigenvalue weighted by Crippen LogP contribution is -2.32. The van der Waals surface area contributed by atoms with E-state index in [2.05, 4.69) is 51.8 Å². The lowest BCUT2D eigenvalue weighted by atomic mass is 9.96. The van der Waals surface area contributed by atoms with Crippen molar-refractivity contribution >= 4 is 0 Å². The van der Waals surface area contributed by atoms with Gasteiger partial charge in [-0.1, -0.05) is 19.8 Å². The summed E-state index contributed by atoms with van der Waals surface area (Å²) in [5, 5.41) is 3.59. The molecular formula is C16H31NO. The largest absolute Gasteiger partial charge is 0.384 e. The summed E-state index contributed by atoms with van der Waals surface area (Å²) in [6.07, 6.45) is 3.24. The van der Waals surface area contributed by atoms with Gasteiger partial charge >= 0.3 is 0 Å². The first-order valence-electron chi connectivity index (χ1n) is 7.11. The molecule has 0 aromatic carbocycles. The summed E-state index contributed by atoms with van der Waals surface area (Å²) in [7, 11) is 1.77. The number of ether oxygens (including phenoxy) is 1. The number of rotatable bonds is 8. The lowest BCUT2D eigenvalue weighted by Gasteiger charge is -2.20. The molecule has 18 heavy (non-hydrogen) atoms. The van der Waals surface area contributed by atoms with E-state index in [1.807, 2.05) is 0 Å². The van der Waals surface area contributed by atoms with Crippen LogP contribution in [0.25, 0.3) is 0 Å². The molecule has 0 saturated heterocycles. The summed E-state index contributed by atoms with van der Waals surface area (Å²) in [4.78, 5) is 0. The van der Waals surface area contributed by atoms with Crippen LogP contribution in [-0.2, 0) is 4.74 Å². The van der Waals surface area contributed by atoms with Gasteiger partial charge in [0.1, 0.15) is 0 Å². The fourth-order valence-electron chi connectivity index (χ4n) is 1.86. The number of nitrogens with one attached hydrogen (secondary N) is 1. The predicted molar refractivity (Wildman–Crippen MR) is 79.6 cm³/mol. The molecular weight excluding hydrogens is 222 g/mol. The van der Waals surface area contributed by atoms with Crippen molar-refractivity contribution in [1.82, 2.24) is 5.32 Å². The molecule has 0 rings (SSSR count). The first-order valence-corrected chi connectivity index (χ1v) is 7.11. The molecule has 0 fully saturated rings. The molecule has 2 atom stereocenters. The Hall–Kier alpha value is -0.520. The highest BCUT2D eigenvalue weighted by molar-refractivity contribution is 5.08. The van der Waals surface area contributed by atoms with E-state index >= 15 is 0 Å². The Morgan fingerprint density at radius 1 is 1.28 bits per heavy atom. The quantitative estimate of drug-likeness (QED) is 0.669. The van der Waals surface area contributed by atoms with Crippen molar-refractivity contribution in [2.75, 3.05) is 20.3 Å². The van der Waals surface area contributed by atoms with Crippen LogP contribution in [0.1, 0.15) is 53.9 Å². The van der Waals surface area contributed by atoms with E-state index in [0.29, 0.717) is 12.0 Å². The molecule has 0 saturated carbocycles. The third-order valence-corrected chi connectivity index (χ3v) is 2.63. The van der Waals surface area contributed by atoms with Crippen LogP contribution in [-0.4, -0.2) is 26.3 Å². The van der Waals surface area contributed by atoms with Crippen molar-refractivity contribution in [1.29, 1.82) is 0 Å². The van der Waals surface area contributed by atoms with Gasteiger partial charge in [-0.15, -0.1) is 5.92 Å². The third-order valence-electron chi connectivity index (χ3n) is 2.63. The minimum Gasteiger partial charge on any atom is -0.384 e. The van der Waals surface area contributed by atoms with Crippen molar-refractivity contribution in [2.45, 2.75) is 59.9 Å². The molecule has 0 radical (unpaired) electrons. The van der Waals surface area contributed by atoms with E-state index in [9.17, 15) is 0 Å². The van der Waals surface area contributed by atoms with E-state index in [-0.39, 0.29) is 5.41 Å². The van der Waals surface area contributed by atoms with Crippen LogP contribution in [0.4, 0.5) is 0 Å². The van der Waals surface area contributed by atoms with Crippen LogP contribution in [0.3, 0.4) is 0 Å². The standard InChI is InChI=1S/C16H31NO/c1-7-11-17-15(12-14(2)13-18-6)9-8-10-16(3,4)5/h14-15,17H,7,9,11-13H2,1-6H3. The van der Waals surface area contributed by atoms with E-state index in [4.69, 9.17) is 4.74 Å². The molecule has 0 aromatic rings. The molecule has 2 unspecified atom stereocenters. The average Bonchev–Trinajstić information content (AvgIpc) is 2.24.